The number of nitrogens with zero attached hydrogens (tertiary/aromatic N) is 1. The van der Waals surface area contributed by atoms with Crippen LogP contribution in [0, 0.1) is 5.41 Å². The largest absolute Gasteiger partial charge is 0.465 e. The van der Waals surface area contributed by atoms with Crippen LogP contribution in [0.1, 0.15) is 26.3 Å². The minimum Gasteiger partial charge on any atom is -0.465 e. The lowest BCUT2D eigenvalue weighted by atomic mass is 9.80. The molecule has 2 rings (SSSR count). The van der Waals surface area contributed by atoms with Crippen LogP contribution in [-0.2, 0) is 11.4 Å². The molecular weight excluding hydrogens is 280 g/mol. The minimum absolute atomic E-state index is 0.173. The van der Waals surface area contributed by atoms with E-state index in [1.54, 1.807) is 0 Å². The smallest absolute Gasteiger partial charge is 0.407 e. The van der Waals surface area contributed by atoms with Crippen molar-refractivity contribution in [2.24, 2.45) is 5.41 Å². The van der Waals surface area contributed by atoms with Crippen LogP contribution in [0.3, 0.4) is 0 Å². The molecule has 2 atom stereocenters. The summed E-state index contributed by atoms with van der Waals surface area (Å²) in [6.07, 6.45) is 2.94. The highest BCUT2D eigenvalue weighted by atomic mass is 16.6. The van der Waals surface area contributed by atoms with Crippen LogP contribution < -0.4 is 5.48 Å². The van der Waals surface area contributed by atoms with Gasteiger partial charge in [-0.15, -0.1) is 0 Å². The lowest BCUT2D eigenvalue weighted by Crippen LogP contribution is -2.58. The van der Waals surface area contributed by atoms with Gasteiger partial charge in [-0.05, 0) is 11.0 Å². The molecule has 0 fully saturated rings. The molecule has 5 nitrogen and oxygen atoms in total. The highest BCUT2D eigenvalue weighted by Crippen LogP contribution is 2.30. The molecule has 0 saturated carbocycles. The topological polar surface area (TPSA) is 61.8 Å². The highest BCUT2D eigenvalue weighted by molar-refractivity contribution is 5.66. The molecule has 0 bridgehead atoms. The fourth-order valence-electron chi connectivity index (χ4n) is 2.84. The fourth-order valence-corrected chi connectivity index (χ4v) is 2.84. The number of amides is 1. The predicted octanol–water partition coefficient (Wildman–Crippen LogP) is 3.04. The van der Waals surface area contributed by atoms with Gasteiger partial charge in [0.2, 0.25) is 0 Å². The molecule has 0 saturated heterocycles. The number of hydrogen-bond donors (Lipinski definition) is 2. The fraction of sp³-hybridized carbons (Fsp3) is 0.471. The normalized spacial score (nSPS) is 21.9. The monoisotopic (exact) mass is 304 g/mol. The van der Waals surface area contributed by atoms with Crippen LogP contribution in [0.2, 0.25) is 0 Å². The van der Waals surface area contributed by atoms with Crippen molar-refractivity contribution >= 4 is 6.09 Å². The summed E-state index contributed by atoms with van der Waals surface area (Å²) in [5, 5.41) is 9.42. The maximum atomic E-state index is 11.5. The summed E-state index contributed by atoms with van der Waals surface area (Å²) >= 11 is 0. The average Bonchev–Trinajstić information content (AvgIpc) is 2.47. The molecule has 1 aliphatic rings. The van der Waals surface area contributed by atoms with Gasteiger partial charge in [-0.1, -0.05) is 63.3 Å². The third-order valence-electron chi connectivity index (χ3n) is 3.76. The molecule has 0 aliphatic carbocycles. The summed E-state index contributed by atoms with van der Waals surface area (Å²) in [5.41, 5.74) is 3.89. The van der Waals surface area contributed by atoms with E-state index in [4.69, 9.17) is 4.84 Å². The van der Waals surface area contributed by atoms with Gasteiger partial charge in [0.1, 0.15) is 0 Å². The Morgan fingerprint density at radius 1 is 1.36 bits per heavy atom. The van der Waals surface area contributed by atoms with Crippen molar-refractivity contribution < 1.29 is 14.7 Å². The van der Waals surface area contributed by atoms with Crippen LogP contribution >= 0.6 is 0 Å². The molecule has 1 amide bonds. The Hall–Kier alpha value is -1.85. The van der Waals surface area contributed by atoms with Gasteiger partial charge in [0.25, 0.3) is 0 Å². The van der Waals surface area contributed by atoms with E-state index in [-0.39, 0.29) is 17.5 Å². The Balaban J connectivity index is 2.02. The van der Waals surface area contributed by atoms with Gasteiger partial charge in [0.05, 0.1) is 18.7 Å². The minimum atomic E-state index is -0.904. The number of carboxylic acid groups (broad SMARTS) is 1. The molecule has 120 valence electrons. The van der Waals surface area contributed by atoms with E-state index < -0.39 is 6.09 Å². The second-order valence-corrected chi connectivity index (χ2v) is 6.59. The average molecular weight is 304 g/mol. The Kier molecular flexibility index (Phi) is 5.21. The Bertz CT molecular complexity index is 522. The number of carbonyl (C=O) groups is 1. The number of nitrogens with one attached hydrogen (secondary N) is 1. The van der Waals surface area contributed by atoms with Gasteiger partial charge < -0.3 is 5.11 Å². The summed E-state index contributed by atoms with van der Waals surface area (Å²) < 4.78 is 0. The third-order valence-corrected chi connectivity index (χ3v) is 3.76. The summed E-state index contributed by atoms with van der Waals surface area (Å²) in [7, 11) is 0. The number of benzene rings is 1. The Labute approximate surface area is 131 Å². The lowest BCUT2D eigenvalue weighted by molar-refractivity contribution is -0.0267. The molecular formula is C17H24N2O3. The van der Waals surface area contributed by atoms with Gasteiger partial charge in [-0.2, -0.15) is 5.48 Å². The van der Waals surface area contributed by atoms with Crippen molar-refractivity contribution in [3.63, 3.8) is 0 Å². The quantitative estimate of drug-likeness (QED) is 0.663. The molecule has 0 spiro atoms. The van der Waals surface area contributed by atoms with Gasteiger partial charge >= 0.3 is 6.09 Å². The first kappa shape index (κ1) is 16.5. The molecule has 1 aliphatic heterocycles. The lowest BCUT2D eigenvalue weighted by Gasteiger charge is -2.44. The van der Waals surface area contributed by atoms with Crippen LogP contribution in [-0.4, -0.2) is 34.7 Å². The molecule has 22 heavy (non-hydrogen) atoms. The first-order chi connectivity index (χ1) is 10.4. The zero-order valence-electron chi connectivity index (χ0n) is 13.3. The van der Waals surface area contributed by atoms with E-state index in [1.807, 2.05) is 63.3 Å². The summed E-state index contributed by atoms with van der Waals surface area (Å²) in [6.45, 7) is 6.97. The summed E-state index contributed by atoms with van der Waals surface area (Å²) in [6, 6.07) is 9.50. The third kappa shape index (κ3) is 4.08. The van der Waals surface area contributed by atoms with Crippen molar-refractivity contribution in [2.75, 3.05) is 6.54 Å². The second-order valence-electron chi connectivity index (χ2n) is 6.59. The molecule has 2 N–H and O–H groups in total. The molecule has 1 heterocycles. The van der Waals surface area contributed by atoms with E-state index in [1.165, 1.54) is 4.90 Å². The van der Waals surface area contributed by atoms with Crippen molar-refractivity contribution in [2.45, 2.75) is 39.5 Å². The van der Waals surface area contributed by atoms with Crippen molar-refractivity contribution in [3.8, 4) is 0 Å². The summed E-state index contributed by atoms with van der Waals surface area (Å²) in [4.78, 5) is 18.5. The van der Waals surface area contributed by atoms with E-state index in [0.717, 1.165) is 5.56 Å². The van der Waals surface area contributed by atoms with Crippen LogP contribution in [0.5, 0.6) is 0 Å². The standard InChI is InChI=1S/C17H24N2O3/c1-17(2,3)15-14(10-7-11-19(15)16(20)21)18-22-12-13-8-5-4-6-9-13/h4-10,14-15,18H,11-12H2,1-3H3,(H,20,21). The molecule has 5 heteroatoms. The van der Waals surface area contributed by atoms with Crippen molar-refractivity contribution in [3.05, 3.63) is 48.0 Å². The first-order valence-corrected chi connectivity index (χ1v) is 7.47. The van der Waals surface area contributed by atoms with Gasteiger partial charge in [0, 0.05) is 6.54 Å². The SMILES string of the molecule is CC(C)(C)C1C(NOCc2ccccc2)C=CCN1C(=O)O. The maximum absolute atomic E-state index is 11.5. The van der Waals surface area contributed by atoms with Crippen LogP contribution in [0.25, 0.3) is 0 Å². The first-order valence-electron chi connectivity index (χ1n) is 7.47. The Morgan fingerprint density at radius 2 is 2.05 bits per heavy atom. The predicted molar refractivity (Wildman–Crippen MR) is 85.3 cm³/mol. The summed E-state index contributed by atoms with van der Waals surface area (Å²) in [5.74, 6) is 0. The number of hydrogen-bond acceptors (Lipinski definition) is 3. The van der Waals surface area contributed by atoms with E-state index >= 15 is 0 Å². The number of hydroxylamine groups is 1. The van der Waals surface area contributed by atoms with E-state index in [0.29, 0.717) is 13.2 Å². The van der Waals surface area contributed by atoms with E-state index in [9.17, 15) is 9.90 Å². The Morgan fingerprint density at radius 3 is 2.64 bits per heavy atom. The van der Waals surface area contributed by atoms with Crippen molar-refractivity contribution in [1.82, 2.24) is 10.4 Å². The van der Waals surface area contributed by atoms with Gasteiger partial charge in [0.15, 0.2) is 0 Å². The molecule has 0 radical (unpaired) electrons. The molecule has 0 aromatic heterocycles. The van der Waals surface area contributed by atoms with Gasteiger partial charge in [-0.25, -0.2) is 4.79 Å². The van der Waals surface area contributed by atoms with Crippen LogP contribution in [0.4, 0.5) is 4.79 Å². The van der Waals surface area contributed by atoms with Crippen molar-refractivity contribution in [1.29, 1.82) is 0 Å². The van der Waals surface area contributed by atoms with Crippen LogP contribution in [0.15, 0.2) is 42.5 Å². The van der Waals surface area contributed by atoms with Gasteiger partial charge in [-0.3, -0.25) is 9.74 Å². The second kappa shape index (κ2) is 6.94. The zero-order valence-corrected chi connectivity index (χ0v) is 13.3. The van der Waals surface area contributed by atoms with E-state index in [2.05, 4.69) is 5.48 Å². The highest BCUT2D eigenvalue weighted by Gasteiger charge is 2.40. The zero-order chi connectivity index (χ0) is 16.2. The molecule has 1 aromatic carbocycles. The molecule has 2 unspecified atom stereocenters. The molecule has 1 aromatic rings. The number of rotatable bonds is 4. The maximum Gasteiger partial charge on any atom is 0.407 e.